The summed E-state index contributed by atoms with van der Waals surface area (Å²) in [4.78, 5) is 9.02. The Bertz CT molecular complexity index is 408. The molecule has 3 rings (SSSR count). The fourth-order valence-electron chi connectivity index (χ4n) is 2.75. The number of amidine groups is 1. The summed E-state index contributed by atoms with van der Waals surface area (Å²) in [5.74, 6) is 1.26. The highest BCUT2D eigenvalue weighted by Crippen LogP contribution is 2.43. The van der Waals surface area contributed by atoms with E-state index in [4.69, 9.17) is 4.99 Å². The normalized spacial score (nSPS) is 22.1. The summed E-state index contributed by atoms with van der Waals surface area (Å²) in [6, 6.07) is 0. The van der Waals surface area contributed by atoms with Gasteiger partial charge in [-0.05, 0) is 18.3 Å². The minimum Gasteiger partial charge on any atom is -0.365 e. The van der Waals surface area contributed by atoms with Crippen LogP contribution in [0.4, 0.5) is 0 Å². The summed E-state index contributed by atoms with van der Waals surface area (Å²) in [6.45, 7) is 1.99. The Hall–Kier alpha value is -0.550. The summed E-state index contributed by atoms with van der Waals surface area (Å²) >= 11 is 3.58. The van der Waals surface area contributed by atoms with Gasteiger partial charge in [-0.3, -0.25) is 4.99 Å². The largest absolute Gasteiger partial charge is 0.365 e. The van der Waals surface area contributed by atoms with Crippen molar-refractivity contribution in [2.75, 3.05) is 18.8 Å². The van der Waals surface area contributed by atoms with Crippen LogP contribution in [0.3, 0.4) is 0 Å². The maximum absolute atomic E-state index is 4.73. The van der Waals surface area contributed by atoms with E-state index in [2.05, 4.69) is 15.7 Å². The van der Waals surface area contributed by atoms with Crippen LogP contribution in [-0.4, -0.2) is 29.0 Å². The van der Waals surface area contributed by atoms with Gasteiger partial charge in [-0.15, -0.1) is 11.3 Å². The molecule has 3 nitrogen and oxygen atoms in total. The molecule has 1 N–H and O–H groups in total. The molecule has 0 atom stereocenters. The van der Waals surface area contributed by atoms with Crippen LogP contribution in [0, 0.1) is 5.41 Å². The predicted octanol–water partition coefficient (Wildman–Crippen LogP) is 2.94. The monoisotopic (exact) mass is 281 g/mol. The maximum Gasteiger partial charge on any atom is 0.156 e. The Labute approximate surface area is 116 Å². The lowest BCUT2D eigenvalue weighted by Gasteiger charge is -2.31. The quantitative estimate of drug-likeness (QED) is 0.925. The number of hydrogen-bond donors (Lipinski definition) is 1. The van der Waals surface area contributed by atoms with Gasteiger partial charge in [0.25, 0.3) is 0 Å². The third-order valence-corrected chi connectivity index (χ3v) is 5.82. The topological polar surface area (TPSA) is 37.3 Å². The molecule has 1 aromatic rings. The molecule has 98 valence electrons. The molecular formula is C13H19N3S2. The number of thioether (sulfide) groups is 1. The van der Waals surface area contributed by atoms with Crippen molar-refractivity contribution < 1.29 is 0 Å². The van der Waals surface area contributed by atoms with Crippen molar-refractivity contribution in [2.24, 2.45) is 10.4 Å². The fourth-order valence-corrected chi connectivity index (χ4v) is 4.52. The van der Waals surface area contributed by atoms with E-state index in [-0.39, 0.29) is 0 Å². The van der Waals surface area contributed by atoms with Crippen LogP contribution in [0.25, 0.3) is 0 Å². The van der Waals surface area contributed by atoms with Gasteiger partial charge >= 0.3 is 0 Å². The predicted molar refractivity (Wildman–Crippen MR) is 79.5 cm³/mol. The summed E-state index contributed by atoms with van der Waals surface area (Å²) < 4.78 is 0. The lowest BCUT2D eigenvalue weighted by Crippen LogP contribution is -2.34. The SMILES string of the molecule is c1nc(CCNC2=NCC3(CCCC3)CS2)cs1. The third kappa shape index (κ3) is 2.88. The molecule has 0 radical (unpaired) electrons. The first-order valence-electron chi connectivity index (χ1n) is 6.65. The van der Waals surface area contributed by atoms with E-state index in [0.29, 0.717) is 5.41 Å². The van der Waals surface area contributed by atoms with Crippen molar-refractivity contribution in [3.05, 3.63) is 16.6 Å². The van der Waals surface area contributed by atoms with Gasteiger partial charge in [-0.25, -0.2) is 4.98 Å². The fraction of sp³-hybridized carbons (Fsp3) is 0.692. The van der Waals surface area contributed by atoms with Crippen LogP contribution in [-0.2, 0) is 6.42 Å². The van der Waals surface area contributed by atoms with Crippen molar-refractivity contribution in [3.8, 4) is 0 Å². The minimum atomic E-state index is 0.546. The molecule has 1 aliphatic heterocycles. The Balaban J connectivity index is 1.45. The van der Waals surface area contributed by atoms with Crippen molar-refractivity contribution in [1.82, 2.24) is 10.3 Å². The standard InChI is InChI=1S/C13H19N3S2/c1-2-5-13(4-1)8-15-12(18-9-13)14-6-3-11-7-17-10-16-11/h7,10H,1-6,8-9H2,(H,14,15). The molecule has 0 unspecified atom stereocenters. The molecule has 0 aromatic carbocycles. The van der Waals surface area contributed by atoms with Gasteiger partial charge in [0.05, 0.1) is 11.2 Å². The highest BCUT2D eigenvalue weighted by atomic mass is 32.2. The smallest absolute Gasteiger partial charge is 0.156 e. The van der Waals surface area contributed by atoms with Gasteiger partial charge in [0, 0.05) is 30.6 Å². The van der Waals surface area contributed by atoms with Crippen molar-refractivity contribution >= 4 is 28.3 Å². The zero-order chi connectivity index (χ0) is 12.3. The molecule has 2 heterocycles. The van der Waals surface area contributed by atoms with Crippen LogP contribution in [0.2, 0.25) is 0 Å². The van der Waals surface area contributed by atoms with Crippen LogP contribution >= 0.6 is 23.1 Å². The molecule has 0 bridgehead atoms. The lowest BCUT2D eigenvalue weighted by atomic mass is 9.89. The molecule has 2 aliphatic rings. The second-order valence-corrected chi connectivity index (χ2v) is 6.96. The van der Waals surface area contributed by atoms with Crippen LogP contribution < -0.4 is 5.32 Å². The molecular weight excluding hydrogens is 262 g/mol. The number of aliphatic imine (C=N–C) groups is 1. The van der Waals surface area contributed by atoms with Crippen LogP contribution in [0.1, 0.15) is 31.4 Å². The van der Waals surface area contributed by atoms with Crippen molar-refractivity contribution in [2.45, 2.75) is 32.1 Å². The molecule has 1 aromatic heterocycles. The average molecular weight is 281 g/mol. The highest BCUT2D eigenvalue weighted by molar-refractivity contribution is 8.13. The van der Waals surface area contributed by atoms with E-state index < -0.39 is 0 Å². The van der Waals surface area contributed by atoms with Crippen LogP contribution in [0.5, 0.6) is 0 Å². The molecule has 5 heteroatoms. The van der Waals surface area contributed by atoms with E-state index in [1.165, 1.54) is 37.1 Å². The summed E-state index contributed by atoms with van der Waals surface area (Å²) in [7, 11) is 0. The minimum absolute atomic E-state index is 0.546. The molecule has 1 spiro atoms. The number of aromatic nitrogens is 1. The molecule has 0 saturated heterocycles. The van der Waals surface area contributed by atoms with E-state index in [0.717, 1.165) is 24.7 Å². The van der Waals surface area contributed by atoms with E-state index in [1.54, 1.807) is 11.3 Å². The molecule has 1 fully saturated rings. The van der Waals surface area contributed by atoms with E-state index >= 15 is 0 Å². The first kappa shape index (κ1) is 12.5. The first-order chi connectivity index (χ1) is 8.86. The number of rotatable bonds is 3. The van der Waals surface area contributed by atoms with Gasteiger partial charge in [0.1, 0.15) is 0 Å². The Morgan fingerprint density at radius 1 is 1.33 bits per heavy atom. The number of thiazole rings is 1. The molecule has 1 saturated carbocycles. The third-order valence-electron chi connectivity index (χ3n) is 3.88. The number of nitrogens with zero attached hydrogens (tertiary/aromatic N) is 2. The summed E-state index contributed by atoms with van der Waals surface area (Å²) in [6.07, 6.45) is 6.57. The van der Waals surface area contributed by atoms with Crippen molar-refractivity contribution in [3.63, 3.8) is 0 Å². The summed E-state index contributed by atoms with van der Waals surface area (Å²) in [5.41, 5.74) is 3.62. The zero-order valence-electron chi connectivity index (χ0n) is 10.5. The Morgan fingerprint density at radius 2 is 2.22 bits per heavy atom. The number of hydrogen-bond acceptors (Lipinski definition) is 5. The molecule has 0 amide bonds. The van der Waals surface area contributed by atoms with Gasteiger partial charge in [-0.2, -0.15) is 0 Å². The van der Waals surface area contributed by atoms with Crippen molar-refractivity contribution in [1.29, 1.82) is 0 Å². The Kier molecular flexibility index (Phi) is 3.89. The molecule has 1 aliphatic carbocycles. The maximum atomic E-state index is 4.73. The highest BCUT2D eigenvalue weighted by Gasteiger charge is 2.36. The average Bonchev–Trinajstić information content (AvgIpc) is 3.04. The first-order valence-corrected chi connectivity index (χ1v) is 8.57. The Morgan fingerprint density at radius 3 is 2.89 bits per heavy atom. The van der Waals surface area contributed by atoms with Gasteiger partial charge in [0.2, 0.25) is 0 Å². The van der Waals surface area contributed by atoms with E-state index in [1.807, 2.05) is 17.3 Å². The lowest BCUT2D eigenvalue weighted by molar-refractivity contribution is 0.358. The summed E-state index contributed by atoms with van der Waals surface area (Å²) in [5, 5.41) is 6.70. The molecule has 18 heavy (non-hydrogen) atoms. The van der Waals surface area contributed by atoms with Gasteiger partial charge in [0.15, 0.2) is 5.17 Å². The van der Waals surface area contributed by atoms with Gasteiger partial charge in [-0.1, -0.05) is 24.6 Å². The number of nitrogens with one attached hydrogen (secondary N) is 1. The van der Waals surface area contributed by atoms with Crippen LogP contribution in [0.15, 0.2) is 15.9 Å². The second-order valence-electron chi connectivity index (χ2n) is 5.27. The zero-order valence-corrected chi connectivity index (χ0v) is 12.2. The second kappa shape index (κ2) is 5.61. The van der Waals surface area contributed by atoms with Gasteiger partial charge < -0.3 is 5.32 Å². The van der Waals surface area contributed by atoms with E-state index in [9.17, 15) is 0 Å².